The SMILES string of the molecule is COc1cc(NCc2ncc(Br)cc2Br)c(OC)cc1Cl. The normalized spacial score (nSPS) is 10.3. The van der Waals surface area contributed by atoms with E-state index in [0.717, 1.165) is 20.3 Å². The third-order valence-corrected chi connectivity index (χ3v) is 4.22. The molecule has 1 N–H and O–H groups in total. The van der Waals surface area contributed by atoms with Crippen LogP contribution in [0, 0.1) is 0 Å². The fraction of sp³-hybridized carbons (Fsp3) is 0.214. The summed E-state index contributed by atoms with van der Waals surface area (Å²) in [5, 5.41) is 3.77. The highest BCUT2D eigenvalue weighted by molar-refractivity contribution is 9.11. The zero-order valence-electron chi connectivity index (χ0n) is 11.4. The molecule has 1 aromatic heterocycles. The first-order valence-corrected chi connectivity index (χ1v) is 7.97. The standard InChI is InChI=1S/C14H13Br2ClN2O2/c1-20-13-5-11(14(21-2)4-10(13)17)19-7-12-9(16)3-8(15)6-18-12/h3-6,19H,7H2,1-2H3. The molecular formula is C14H13Br2ClN2O2. The van der Waals surface area contributed by atoms with Crippen molar-refractivity contribution in [3.8, 4) is 11.5 Å². The molecule has 0 bridgehead atoms. The quantitative estimate of drug-likeness (QED) is 0.725. The van der Waals surface area contributed by atoms with Gasteiger partial charge in [-0.1, -0.05) is 11.6 Å². The highest BCUT2D eigenvalue weighted by Gasteiger charge is 2.10. The number of methoxy groups -OCH3 is 2. The minimum absolute atomic E-state index is 0.503. The minimum atomic E-state index is 0.503. The maximum atomic E-state index is 6.08. The highest BCUT2D eigenvalue weighted by Crippen LogP contribution is 2.36. The van der Waals surface area contributed by atoms with E-state index >= 15 is 0 Å². The van der Waals surface area contributed by atoms with Gasteiger partial charge >= 0.3 is 0 Å². The van der Waals surface area contributed by atoms with E-state index in [1.54, 1.807) is 32.5 Å². The Morgan fingerprint density at radius 1 is 1.14 bits per heavy atom. The van der Waals surface area contributed by atoms with E-state index in [-0.39, 0.29) is 0 Å². The van der Waals surface area contributed by atoms with E-state index in [1.807, 2.05) is 6.07 Å². The first-order chi connectivity index (χ1) is 10.0. The van der Waals surface area contributed by atoms with Crippen LogP contribution in [-0.4, -0.2) is 19.2 Å². The van der Waals surface area contributed by atoms with Gasteiger partial charge in [-0.25, -0.2) is 0 Å². The summed E-state index contributed by atoms with van der Waals surface area (Å²) < 4.78 is 12.4. The molecule has 112 valence electrons. The van der Waals surface area contributed by atoms with Crippen molar-refractivity contribution in [2.24, 2.45) is 0 Å². The molecule has 0 radical (unpaired) electrons. The zero-order valence-corrected chi connectivity index (χ0v) is 15.3. The Balaban J connectivity index is 2.22. The molecule has 2 aromatic rings. The Morgan fingerprint density at radius 3 is 2.48 bits per heavy atom. The summed E-state index contributed by atoms with van der Waals surface area (Å²) in [6, 6.07) is 5.46. The number of nitrogens with one attached hydrogen (secondary N) is 1. The summed E-state index contributed by atoms with van der Waals surface area (Å²) in [5.41, 5.74) is 1.67. The molecule has 0 amide bonds. The molecule has 21 heavy (non-hydrogen) atoms. The topological polar surface area (TPSA) is 43.4 Å². The number of aromatic nitrogens is 1. The zero-order chi connectivity index (χ0) is 15.4. The number of benzene rings is 1. The van der Waals surface area contributed by atoms with E-state index in [2.05, 4.69) is 42.2 Å². The molecule has 0 saturated heterocycles. The number of pyridine rings is 1. The molecule has 1 aromatic carbocycles. The maximum absolute atomic E-state index is 6.08. The van der Waals surface area contributed by atoms with Crippen molar-refractivity contribution in [1.82, 2.24) is 4.98 Å². The van der Waals surface area contributed by atoms with Crippen molar-refractivity contribution in [2.45, 2.75) is 6.54 Å². The van der Waals surface area contributed by atoms with Gasteiger partial charge in [0.15, 0.2) is 0 Å². The molecule has 0 unspecified atom stereocenters. The molecular weight excluding hydrogens is 423 g/mol. The largest absolute Gasteiger partial charge is 0.495 e. The summed E-state index contributed by atoms with van der Waals surface area (Å²) in [7, 11) is 3.17. The third kappa shape index (κ3) is 4.02. The number of hydrogen-bond acceptors (Lipinski definition) is 4. The second-order valence-electron chi connectivity index (χ2n) is 4.12. The molecule has 0 aliphatic rings. The van der Waals surface area contributed by atoms with Crippen LogP contribution in [0.5, 0.6) is 11.5 Å². The van der Waals surface area contributed by atoms with Gasteiger partial charge in [-0.15, -0.1) is 0 Å². The van der Waals surface area contributed by atoms with Crippen molar-refractivity contribution >= 4 is 49.1 Å². The van der Waals surface area contributed by atoms with Gasteiger partial charge in [-0.2, -0.15) is 0 Å². The average molecular weight is 437 g/mol. The van der Waals surface area contributed by atoms with Crippen LogP contribution in [-0.2, 0) is 6.54 Å². The summed E-state index contributed by atoms with van der Waals surface area (Å²) in [6.07, 6.45) is 1.75. The van der Waals surface area contributed by atoms with E-state index in [1.165, 1.54) is 0 Å². The van der Waals surface area contributed by atoms with Gasteiger partial charge in [0.1, 0.15) is 11.5 Å². The molecule has 4 nitrogen and oxygen atoms in total. The Labute approximate surface area is 145 Å². The van der Waals surface area contributed by atoms with Crippen molar-refractivity contribution in [3.05, 3.63) is 44.1 Å². The number of rotatable bonds is 5. The van der Waals surface area contributed by atoms with Gasteiger partial charge in [0.25, 0.3) is 0 Å². The minimum Gasteiger partial charge on any atom is -0.495 e. The lowest BCUT2D eigenvalue weighted by Crippen LogP contribution is -2.04. The second kappa shape index (κ2) is 7.33. The van der Waals surface area contributed by atoms with Gasteiger partial charge < -0.3 is 14.8 Å². The van der Waals surface area contributed by atoms with Crippen LogP contribution < -0.4 is 14.8 Å². The first-order valence-electron chi connectivity index (χ1n) is 6.00. The highest BCUT2D eigenvalue weighted by atomic mass is 79.9. The molecule has 0 saturated carbocycles. The van der Waals surface area contributed by atoms with Crippen LogP contribution >= 0.6 is 43.5 Å². The Hall–Kier alpha value is -0.980. The molecule has 0 aliphatic carbocycles. The maximum Gasteiger partial charge on any atom is 0.143 e. The van der Waals surface area contributed by atoms with E-state index in [4.69, 9.17) is 21.1 Å². The van der Waals surface area contributed by atoms with Crippen LogP contribution in [0.3, 0.4) is 0 Å². The van der Waals surface area contributed by atoms with Crippen LogP contribution in [0.4, 0.5) is 5.69 Å². The lowest BCUT2D eigenvalue weighted by Gasteiger charge is -2.14. The molecule has 0 atom stereocenters. The first kappa shape index (κ1) is 16.4. The second-order valence-corrected chi connectivity index (χ2v) is 6.30. The lowest BCUT2D eigenvalue weighted by molar-refractivity contribution is 0.404. The summed E-state index contributed by atoms with van der Waals surface area (Å²) in [6.45, 7) is 0.537. The Morgan fingerprint density at radius 2 is 1.86 bits per heavy atom. The van der Waals surface area contributed by atoms with Crippen molar-refractivity contribution < 1.29 is 9.47 Å². The molecule has 2 rings (SSSR count). The Bertz CT molecular complexity index is 653. The monoisotopic (exact) mass is 434 g/mol. The number of hydrogen-bond donors (Lipinski definition) is 1. The van der Waals surface area contributed by atoms with Crippen molar-refractivity contribution in [2.75, 3.05) is 19.5 Å². The van der Waals surface area contributed by atoms with Crippen LogP contribution in [0.1, 0.15) is 5.69 Å². The third-order valence-electron chi connectivity index (χ3n) is 2.80. The van der Waals surface area contributed by atoms with E-state index in [9.17, 15) is 0 Å². The number of anilines is 1. The van der Waals surface area contributed by atoms with Gasteiger partial charge in [0, 0.05) is 27.3 Å². The molecule has 7 heteroatoms. The Kier molecular flexibility index (Phi) is 5.72. The van der Waals surface area contributed by atoms with Crippen LogP contribution in [0.15, 0.2) is 33.3 Å². The summed E-state index contributed by atoms with van der Waals surface area (Å²) in [5.74, 6) is 1.23. The lowest BCUT2D eigenvalue weighted by atomic mass is 10.2. The predicted octanol–water partition coefficient (Wildman–Crippen LogP) is 4.89. The van der Waals surface area contributed by atoms with E-state index < -0.39 is 0 Å². The predicted molar refractivity (Wildman–Crippen MR) is 91.5 cm³/mol. The molecule has 0 fully saturated rings. The summed E-state index contributed by atoms with van der Waals surface area (Å²) in [4.78, 5) is 4.35. The molecule has 0 aliphatic heterocycles. The fourth-order valence-corrected chi connectivity index (χ4v) is 3.11. The fourth-order valence-electron chi connectivity index (χ4n) is 1.75. The van der Waals surface area contributed by atoms with Crippen LogP contribution in [0.25, 0.3) is 0 Å². The molecule has 0 spiro atoms. The van der Waals surface area contributed by atoms with E-state index in [0.29, 0.717) is 23.1 Å². The number of nitrogens with zero attached hydrogens (tertiary/aromatic N) is 1. The van der Waals surface area contributed by atoms with Gasteiger partial charge in [-0.3, -0.25) is 4.98 Å². The van der Waals surface area contributed by atoms with Crippen LogP contribution in [0.2, 0.25) is 5.02 Å². The number of ether oxygens (including phenoxy) is 2. The van der Waals surface area contributed by atoms with Crippen molar-refractivity contribution in [3.63, 3.8) is 0 Å². The summed E-state index contributed by atoms with van der Waals surface area (Å²) >= 11 is 12.9. The van der Waals surface area contributed by atoms with Gasteiger partial charge in [0.05, 0.1) is 37.2 Å². The number of halogens is 3. The average Bonchev–Trinajstić information content (AvgIpc) is 2.47. The van der Waals surface area contributed by atoms with Crippen molar-refractivity contribution in [1.29, 1.82) is 0 Å². The van der Waals surface area contributed by atoms with Gasteiger partial charge in [-0.05, 0) is 37.9 Å². The van der Waals surface area contributed by atoms with Gasteiger partial charge in [0.2, 0.25) is 0 Å². The molecule has 1 heterocycles. The smallest absolute Gasteiger partial charge is 0.143 e.